The molecule has 9 heteroatoms. The number of nitrogens with zero attached hydrogens (tertiary/aromatic N) is 2. The molecule has 1 aliphatic heterocycles. The number of alkyl halides is 3. The number of benzene rings is 1. The number of hydrogen-bond donors (Lipinski definition) is 2. The summed E-state index contributed by atoms with van der Waals surface area (Å²) in [5.74, 6) is -1.41. The Labute approximate surface area is 148 Å². The SMILES string of the molecule is CN1C(=O)C[C@@](C)([C@H]2C[C@@H]2c2ccccc2)N=C1N.O=C(O)C(F)(F)F. The zero-order chi connectivity index (χ0) is 19.7. The summed E-state index contributed by atoms with van der Waals surface area (Å²) in [7, 11) is 1.68. The van der Waals surface area contributed by atoms with Gasteiger partial charge in [0.25, 0.3) is 0 Å². The van der Waals surface area contributed by atoms with E-state index in [0.717, 1.165) is 6.42 Å². The molecule has 0 unspecified atom stereocenters. The fourth-order valence-corrected chi connectivity index (χ4v) is 3.09. The number of guanidine groups is 1. The Morgan fingerprint density at radius 3 is 2.35 bits per heavy atom. The molecule has 0 radical (unpaired) electrons. The normalized spacial score (nSPS) is 28.0. The Bertz CT molecular complexity index is 721. The molecule has 0 spiro atoms. The Morgan fingerprint density at radius 2 is 1.88 bits per heavy atom. The molecular weight excluding hydrogens is 351 g/mol. The second kappa shape index (κ2) is 6.97. The Kier molecular flexibility index (Phi) is 5.29. The lowest BCUT2D eigenvalue weighted by Crippen LogP contribution is -2.49. The van der Waals surface area contributed by atoms with E-state index in [-0.39, 0.29) is 11.4 Å². The molecule has 3 N–H and O–H groups in total. The van der Waals surface area contributed by atoms with E-state index in [1.807, 2.05) is 6.07 Å². The van der Waals surface area contributed by atoms with Crippen molar-refractivity contribution in [2.24, 2.45) is 16.6 Å². The van der Waals surface area contributed by atoms with Crippen LogP contribution in [0.2, 0.25) is 0 Å². The zero-order valence-corrected chi connectivity index (χ0v) is 14.3. The molecular formula is C17H20F3N3O3. The standard InChI is InChI=1S/C15H19N3O.C2HF3O2/c1-15(9-13(19)18(2)14(16)17-15)12-8-11(12)10-6-4-3-5-7-10;3-2(4,5)1(6)7/h3-7,11-12H,8-9H2,1-2H3,(H2,16,17);(H,6,7)/t11-,12+,15+;/m1./s1. The van der Waals surface area contributed by atoms with Gasteiger partial charge in [-0.1, -0.05) is 30.3 Å². The van der Waals surface area contributed by atoms with Gasteiger partial charge in [-0.2, -0.15) is 13.2 Å². The minimum absolute atomic E-state index is 0.0636. The van der Waals surface area contributed by atoms with Crippen LogP contribution < -0.4 is 5.73 Å². The first kappa shape index (κ1) is 19.7. The van der Waals surface area contributed by atoms with E-state index in [4.69, 9.17) is 15.6 Å². The van der Waals surface area contributed by atoms with Gasteiger partial charge in [-0.15, -0.1) is 0 Å². The number of nitrogens with two attached hydrogens (primary N) is 1. The van der Waals surface area contributed by atoms with Gasteiger partial charge in [-0.05, 0) is 30.7 Å². The molecule has 2 aliphatic rings. The molecule has 6 nitrogen and oxygen atoms in total. The lowest BCUT2D eigenvalue weighted by Gasteiger charge is -2.33. The molecule has 142 valence electrons. The topological polar surface area (TPSA) is 96.0 Å². The second-order valence-corrected chi connectivity index (χ2v) is 6.62. The molecule has 1 aliphatic carbocycles. The van der Waals surface area contributed by atoms with E-state index in [1.54, 1.807) is 7.05 Å². The summed E-state index contributed by atoms with van der Waals surface area (Å²) in [4.78, 5) is 26.9. The summed E-state index contributed by atoms with van der Waals surface area (Å²) >= 11 is 0. The first-order valence-corrected chi connectivity index (χ1v) is 7.92. The summed E-state index contributed by atoms with van der Waals surface area (Å²) < 4.78 is 31.7. The van der Waals surface area contributed by atoms with E-state index in [2.05, 4.69) is 36.2 Å². The fraction of sp³-hybridized carbons (Fsp3) is 0.471. The van der Waals surface area contributed by atoms with Crippen molar-refractivity contribution in [3.63, 3.8) is 0 Å². The van der Waals surface area contributed by atoms with E-state index in [1.165, 1.54) is 10.5 Å². The van der Waals surface area contributed by atoms with E-state index < -0.39 is 12.1 Å². The van der Waals surface area contributed by atoms with Gasteiger partial charge in [0.15, 0.2) is 5.96 Å². The van der Waals surface area contributed by atoms with Gasteiger partial charge in [0.2, 0.25) is 5.91 Å². The summed E-state index contributed by atoms with van der Waals surface area (Å²) in [6, 6.07) is 10.4. The Hall–Kier alpha value is -2.58. The van der Waals surface area contributed by atoms with Crippen LogP contribution in [-0.4, -0.2) is 46.6 Å². The highest BCUT2D eigenvalue weighted by Gasteiger charge is 2.53. The summed E-state index contributed by atoms with van der Waals surface area (Å²) in [5, 5.41) is 7.12. The smallest absolute Gasteiger partial charge is 0.475 e. The fourth-order valence-electron chi connectivity index (χ4n) is 3.09. The Morgan fingerprint density at radius 1 is 1.35 bits per heavy atom. The lowest BCUT2D eigenvalue weighted by molar-refractivity contribution is -0.192. The summed E-state index contributed by atoms with van der Waals surface area (Å²) in [6.45, 7) is 2.05. The van der Waals surface area contributed by atoms with Gasteiger partial charge in [0, 0.05) is 7.05 Å². The maximum absolute atomic E-state index is 12.0. The molecule has 1 aromatic carbocycles. The molecule has 1 aromatic rings. The highest BCUT2D eigenvalue weighted by Crippen LogP contribution is 2.56. The van der Waals surface area contributed by atoms with Crippen molar-refractivity contribution in [1.82, 2.24) is 4.90 Å². The predicted molar refractivity (Wildman–Crippen MR) is 88.4 cm³/mol. The Balaban J connectivity index is 0.000000298. The van der Waals surface area contributed by atoms with Gasteiger partial charge >= 0.3 is 12.1 Å². The third-order valence-electron chi connectivity index (χ3n) is 4.66. The van der Waals surface area contributed by atoms with Crippen molar-refractivity contribution >= 4 is 17.8 Å². The van der Waals surface area contributed by atoms with E-state index in [0.29, 0.717) is 24.2 Å². The van der Waals surface area contributed by atoms with Crippen LogP contribution in [0.5, 0.6) is 0 Å². The molecule has 1 amide bonds. The summed E-state index contributed by atoms with van der Waals surface area (Å²) in [6.07, 6.45) is -3.54. The zero-order valence-electron chi connectivity index (χ0n) is 14.3. The van der Waals surface area contributed by atoms with E-state index >= 15 is 0 Å². The first-order chi connectivity index (χ1) is 12.0. The van der Waals surface area contributed by atoms with Crippen LogP contribution in [0.1, 0.15) is 31.2 Å². The van der Waals surface area contributed by atoms with Gasteiger partial charge < -0.3 is 10.8 Å². The number of aliphatic imine (C=N–C) groups is 1. The molecule has 1 fully saturated rings. The van der Waals surface area contributed by atoms with Crippen molar-refractivity contribution < 1.29 is 27.9 Å². The average molecular weight is 371 g/mol. The molecule has 1 saturated carbocycles. The van der Waals surface area contributed by atoms with Crippen LogP contribution in [0.3, 0.4) is 0 Å². The van der Waals surface area contributed by atoms with Gasteiger partial charge in [0.05, 0.1) is 12.0 Å². The van der Waals surface area contributed by atoms with Gasteiger partial charge in [-0.25, -0.2) is 9.79 Å². The number of carboxylic acid groups (broad SMARTS) is 1. The van der Waals surface area contributed by atoms with Crippen LogP contribution in [-0.2, 0) is 9.59 Å². The van der Waals surface area contributed by atoms with Crippen molar-refractivity contribution in [2.75, 3.05) is 7.05 Å². The van der Waals surface area contributed by atoms with Crippen molar-refractivity contribution in [1.29, 1.82) is 0 Å². The number of carbonyl (C=O) groups is 2. The third kappa shape index (κ3) is 4.33. The van der Waals surface area contributed by atoms with Crippen molar-refractivity contribution in [3.8, 4) is 0 Å². The highest BCUT2D eigenvalue weighted by molar-refractivity contribution is 5.98. The predicted octanol–water partition coefficient (Wildman–Crippen LogP) is 2.36. The quantitative estimate of drug-likeness (QED) is 0.834. The second-order valence-electron chi connectivity index (χ2n) is 6.62. The number of aliphatic carboxylic acids is 1. The van der Waals surface area contributed by atoms with Gasteiger partial charge in [-0.3, -0.25) is 9.69 Å². The molecule has 0 aromatic heterocycles. The first-order valence-electron chi connectivity index (χ1n) is 7.92. The number of halogens is 3. The van der Waals surface area contributed by atoms with Crippen LogP contribution >= 0.6 is 0 Å². The lowest BCUT2D eigenvalue weighted by atomic mass is 9.88. The third-order valence-corrected chi connectivity index (χ3v) is 4.66. The van der Waals surface area contributed by atoms with Crippen molar-refractivity contribution in [2.45, 2.75) is 37.4 Å². The van der Waals surface area contributed by atoms with Gasteiger partial charge in [0.1, 0.15) is 0 Å². The summed E-state index contributed by atoms with van der Waals surface area (Å²) in [5.41, 5.74) is 6.85. The highest BCUT2D eigenvalue weighted by atomic mass is 19.4. The van der Waals surface area contributed by atoms with Crippen LogP contribution in [0.15, 0.2) is 35.3 Å². The number of amides is 1. The van der Waals surface area contributed by atoms with Crippen molar-refractivity contribution in [3.05, 3.63) is 35.9 Å². The largest absolute Gasteiger partial charge is 0.490 e. The molecule has 0 saturated heterocycles. The minimum atomic E-state index is -5.08. The molecule has 3 rings (SSSR count). The maximum atomic E-state index is 12.0. The minimum Gasteiger partial charge on any atom is -0.475 e. The van der Waals surface area contributed by atoms with Crippen LogP contribution in [0, 0.1) is 5.92 Å². The molecule has 3 atom stereocenters. The average Bonchev–Trinajstić information content (AvgIpc) is 3.34. The van der Waals surface area contributed by atoms with Crippen LogP contribution in [0.4, 0.5) is 13.2 Å². The maximum Gasteiger partial charge on any atom is 0.490 e. The number of carboxylic acids is 1. The molecule has 26 heavy (non-hydrogen) atoms. The number of carbonyl (C=O) groups excluding carboxylic acids is 1. The van der Waals surface area contributed by atoms with Crippen LogP contribution in [0.25, 0.3) is 0 Å². The molecule has 0 bridgehead atoms. The molecule has 1 heterocycles. The monoisotopic (exact) mass is 371 g/mol. The number of rotatable bonds is 2. The number of hydrogen-bond acceptors (Lipinski definition) is 4. The van der Waals surface area contributed by atoms with E-state index in [9.17, 15) is 18.0 Å².